The number of amides is 4. The van der Waals surface area contributed by atoms with Crippen LogP contribution in [-0.4, -0.2) is 75.6 Å². The average Bonchev–Trinajstić information content (AvgIpc) is 3.42. The molecule has 1 atom stereocenters. The molecule has 3 aliphatic rings. The molecule has 0 bridgehead atoms. The van der Waals surface area contributed by atoms with Gasteiger partial charge in [-0.05, 0) is 31.9 Å². The molecule has 4 rings (SSSR count). The molecule has 0 saturated carbocycles. The summed E-state index contributed by atoms with van der Waals surface area (Å²) in [5.41, 5.74) is 1.70. The number of aryl methyl sites for hydroxylation is 1. The van der Waals surface area contributed by atoms with Crippen LogP contribution in [0.1, 0.15) is 45.5 Å². The molecule has 0 aromatic heterocycles. The maximum atomic E-state index is 12.8. The van der Waals surface area contributed by atoms with Crippen molar-refractivity contribution in [3.05, 3.63) is 34.9 Å². The molecule has 2 fully saturated rings. The van der Waals surface area contributed by atoms with Gasteiger partial charge in [-0.25, -0.2) is 0 Å². The zero-order valence-electron chi connectivity index (χ0n) is 15.8. The molecular weight excluding hydrogens is 378 g/mol. The van der Waals surface area contributed by atoms with Crippen LogP contribution < -0.4 is 0 Å². The van der Waals surface area contributed by atoms with Crippen molar-refractivity contribution in [2.24, 2.45) is 0 Å². The van der Waals surface area contributed by atoms with Gasteiger partial charge in [-0.1, -0.05) is 11.6 Å². The van der Waals surface area contributed by atoms with E-state index in [1.165, 1.54) is 0 Å². The van der Waals surface area contributed by atoms with E-state index in [9.17, 15) is 19.2 Å². The molecular formula is C20H23N3O4S. The first-order valence-electron chi connectivity index (χ1n) is 9.60. The minimum atomic E-state index is -0.430. The van der Waals surface area contributed by atoms with E-state index in [1.807, 2.05) is 11.8 Å². The third kappa shape index (κ3) is 3.30. The van der Waals surface area contributed by atoms with Crippen LogP contribution in [0.25, 0.3) is 0 Å². The Labute approximate surface area is 168 Å². The SMILES string of the molecule is Cc1ccc2c(c1)C(=O)N(CCC(=O)N1CSCC1C(=O)N1CCCC1)C2=O. The van der Waals surface area contributed by atoms with Crippen LogP contribution in [0.15, 0.2) is 18.2 Å². The number of fused-ring (bicyclic) bond motifs is 1. The van der Waals surface area contributed by atoms with E-state index >= 15 is 0 Å². The van der Waals surface area contributed by atoms with Crippen LogP contribution in [-0.2, 0) is 9.59 Å². The van der Waals surface area contributed by atoms with Crippen molar-refractivity contribution in [3.8, 4) is 0 Å². The molecule has 3 heterocycles. The highest BCUT2D eigenvalue weighted by molar-refractivity contribution is 7.99. The summed E-state index contributed by atoms with van der Waals surface area (Å²) in [5.74, 6) is 0.213. The lowest BCUT2D eigenvalue weighted by atomic mass is 10.1. The van der Waals surface area contributed by atoms with Gasteiger partial charge in [0.15, 0.2) is 0 Å². The maximum Gasteiger partial charge on any atom is 0.261 e. The lowest BCUT2D eigenvalue weighted by Gasteiger charge is -2.27. The predicted octanol–water partition coefficient (Wildman–Crippen LogP) is 1.51. The fourth-order valence-corrected chi connectivity index (χ4v) is 5.17. The molecule has 7 nitrogen and oxygen atoms in total. The largest absolute Gasteiger partial charge is 0.341 e. The van der Waals surface area contributed by atoms with Crippen molar-refractivity contribution in [2.75, 3.05) is 31.3 Å². The van der Waals surface area contributed by atoms with Gasteiger partial charge in [0.2, 0.25) is 11.8 Å². The molecule has 0 radical (unpaired) electrons. The van der Waals surface area contributed by atoms with Gasteiger partial charge in [-0.15, -0.1) is 11.8 Å². The second kappa shape index (κ2) is 7.58. The lowest BCUT2D eigenvalue weighted by molar-refractivity contribution is -0.142. The summed E-state index contributed by atoms with van der Waals surface area (Å²) in [5, 5.41) is 0. The molecule has 28 heavy (non-hydrogen) atoms. The van der Waals surface area contributed by atoms with E-state index in [4.69, 9.17) is 0 Å². The van der Waals surface area contributed by atoms with Gasteiger partial charge < -0.3 is 9.80 Å². The maximum absolute atomic E-state index is 12.8. The second-order valence-electron chi connectivity index (χ2n) is 7.47. The van der Waals surface area contributed by atoms with Crippen molar-refractivity contribution >= 4 is 35.4 Å². The van der Waals surface area contributed by atoms with Gasteiger partial charge in [-0.3, -0.25) is 24.1 Å². The summed E-state index contributed by atoms with van der Waals surface area (Å²) >= 11 is 1.57. The molecule has 0 spiro atoms. The molecule has 8 heteroatoms. The molecule has 0 N–H and O–H groups in total. The minimum Gasteiger partial charge on any atom is -0.341 e. The molecule has 3 aliphatic heterocycles. The van der Waals surface area contributed by atoms with E-state index in [1.54, 1.807) is 34.9 Å². The Morgan fingerprint density at radius 2 is 1.82 bits per heavy atom. The van der Waals surface area contributed by atoms with Crippen LogP contribution in [0.4, 0.5) is 0 Å². The zero-order valence-corrected chi connectivity index (χ0v) is 16.7. The number of imide groups is 1. The number of carbonyl (C=O) groups excluding carboxylic acids is 4. The van der Waals surface area contributed by atoms with Crippen LogP contribution in [0.3, 0.4) is 0 Å². The normalized spacial score (nSPS) is 21.6. The molecule has 1 unspecified atom stereocenters. The van der Waals surface area contributed by atoms with Gasteiger partial charge in [0.25, 0.3) is 11.8 Å². The fraction of sp³-hybridized carbons (Fsp3) is 0.500. The van der Waals surface area contributed by atoms with E-state index in [2.05, 4.69) is 0 Å². The predicted molar refractivity (Wildman–Crippen MR) is 105 cm³/mol. The van der Waals surface area contributed by atoms with Crippen molar-refractivity contribution in [2.45, 2.75) is 32.2 Å². The van der Waals surface area contributed by atoms with Crippen molar-refractivity contribution in [3.63, 3.8) is 0 Å². The number of hydrogen-bond acceptors (Lipinski definition) is 5. The van der Waals surface area contributed by atoms with Crippen LogP contribution in [0.2, 0.25) is 0 Å². The monoisotopic (exact) mass is 401 g/mol. The molecule has 4 amide bonds. The number of benzene rings is 1. The summed E-state index contributed by atoms with van der Waals surface area (Å²) in [6.07, 6.45) is 2.06. The Kier molecular flexibility index (Phi) is 5.14. The summed E-state index contributed by atoms with van der Waals surface area (Å²) < 4.78 is 0. The average molecular weight is 401 g/mol. The smallest absolute Gasteiger partial charge is 0.261 e. The van der Waals surface area contributed by atoms with Gasteiger partial charge in [-0.2, -0.15) is 0 Å². The van der Waals surface area contributed by atoms with Crippen molar-refractivity contribution < 1.29 is 19.2 Å². The van der Waals surface area contributed by atoms with Crippen molar-refractivity contribution in [1.29, 1.82) is 0 Å². The fourth-order valence-electron chi connectivity index (χ4n) is 4.00. The molecule has 2 saturated heterocycles. The third-order valence-corrected chi connectivity index (χ3v) is 6.59. The Morgan fingerprint density at radius 1 is 1.11 bits per heavy atom. The minimum absolute atomic E-state index is 0.0204. The Balaban J connectivity index is 1.39. The van der Waals surface area contributed by atoms with Crippen LogP contribution in [0, 0.1) is 6.92 Å². The Hall–Kier alpha value is -2.35. The first kappa shape index (κ1) is 19.0. The number of nitrogens with zero attached hydrogens (tertiary/aromatic N) is 3. The van der Waals surface area contributed by atoms with Crippen LogP contribution in [0.5, 0.6) is 0 Å². The van der Waals surface area contributed by atoms with Crippen molar-refractivity contribution in [1.82, 2.24) is 14.7 Å². The number of hydrogen-bond donors (Lipinski definition) is 0. The number of rotatable bonds is 4. The van der Waals surface area contributed by atoms with E-state index < -0.39 is 6.04 Å². The lowest BCUT2D eigenvalue weighted by Crippen LogP contribution is -2.48. The number of carbonyl (C=O) groups is 4. The van der Waals surface area contributed by atoms with E-state index in [0.29, 0.717) is 22.8 Å². The second-order valence-corrected chi connectivity index (χ2v) is 8.47. The number of likely N-dealkylation sites (tertiary alicyclic amines) is 1. The van der Waals surface area contributed by atoms with Gasteiger partial charge in [0, 0.05) is 31.8 Å². The quantitative estimate of drug-likeness (QED) is 0.715. The molecule has 0 aliphatic carbocycles. The third-order valence-electron chi connectivity index (χ3n) is 5.58. The summed E-state index contributed by atoms with van der Waals surface area (Å²) in [4.78, 5) is 55.1. The standard InChI is InChI=1S/C20H23N3O4S/c1-13-4-5-14-15(10-13)19(26)22(18(14)25)9-6-17(24)23-12-28-11-16(23)20(27)21-7-2-3-8-21/h4-5,10,16H,2-3,6-9,11-12H2,1H3. The molecule has 148 valence electrons. The molecule has 1 aromatic carbocycles. The summed E-state index contributed by atoms with van der Waals surface area (Å²) in [7, 11) is 0. The van der Waals surface area contributed by atoms with E-state index in [-0.39, 0.29) is 36.6 Å². The van der Waals surface area contributed by atoms with E-state index in [0.717, 1.165) is 36.4 Å². The van der Waals surface area contributed by atoms with Gasteiger partial charge in [0.1, 0.15) is 6.04 Å². The highest BCUT2D eigenvalue weighted by Crippen LogP contribution is 2.27. The van der Waals surface area contributed by atoms with Crippen LogP contribution >= 0.6 is 11.8 Å². The highest BCUT2D eigenvalue weighted by Gasteiger charge is 2.39. The van der Waals surface area contributed by atoms with Gasteiger partial charge >= 0.3 is 0 Å². The topological polar surface area (TPSA) is 78.0 Å². The Bertz CT molecular complexity index is 850. The first-order chi connectivity index (χ1) is 13.5. The zero-order chi connectivity index (χ0) is 19.8. The highest BCUT2D eigenvalue weighted by atomic mass is 32.2. The molecule has 1 aromatic rings. The summed E-state index contributed by atoms with van der Waals surface area (Å²) in [6, 6.07) is 4.74. The number of thioether (sulfide) groups is 1. The first-order valence-corrected chi connectivity index (χ1v) is 10.8. The van der Waals surface area contributed by atoms with Gasteiger partial charge in [0.05, 0.1) is 17.0 Å². The Morgan fingerprint density at radius 3 is 2.57 bits per heavy atom. The summed E-state index contributed by atoms with van der Waals surface area (Å²) in [6.45, 7) is 3.43.